The van der Waals surface area contributed by atoms with Gasteiger partial charge in [-0.15, -0.1) is 0 Å². The Bertz CT molecular complexity index is 825. The number of carbonyl (C=O) groups excluding carboxylic acids is 1. The first-order valence-corrected chi connectivity index (χ1v) is 8.00. The van der Waals surface area contributed by atoms with Crippen LogP contribution in [0.3, 0.4) is 0 Å². The second-order valence-corrected chi connectivity index (χ2v) is 5.75. The normalized spacial score (nSPS) is 12.1. The maximum Gasteiger partial charge on any atom is 0.242 e. The Balaban J connectivity index is 1.67. The van der Waals surface area contributed by atoms with Crippen molar-refractivity contribution in [1.82, 2.24) is 35.2 Å². The third-order valence-electron chi connectivity index (χ3n) is 3.98. The largest absolute Gasteiger partial charge is 0.350 e. The van der Waals surface area contributed by atoms with E-state index in [1.807, 2.05) is 37.5 Å². The highest BCUT2D eigenvalue weighted by Gasteiger charge is 2.20. The molecule has 0 aliphatic heterocycles. The summed E-state index contributed by atoms with van der Waals surface area (Å²) in [7, 11) is 3.59. The van der Waals surface area contributed by atoms with Gasteiger partial charge in [-0.05, 0) is 18.2 Å². The summed E-state index contributed by atoms with van der Waals surface area (Å²) in [6, 6.07) is 7.54. The van der Waals surface area contributed by atoms with Gasteiger partial charge in [-0.3, -0.25) is 9.48 Å². The van der Waals surface area contributed by atoms with Crippen molar-refractivity contribution in [3.05, 3.63) is 66.0 Å². The zero-order valence-electron chi connectivity index (χ0n) is 14.3. The van der Waals surface area contributed by atoms with Crippen LogP contribution in [0.1, 0.15) is 22.7 Å². The zero-order valence-corrected chi connectivity index (χ0v) is 14.3. The van der Waals surface area contributed by atoms with E-state index in [4.69, 9.17) is 0 Å². The second kappa shape index (κ2) is 7.71. The lowest BCUT2D eigenvalue weighted by Gasteiger charge is -2.16. The number of hydrogen-bond acceptors (Lipinski definition) is 5. The molecule has 0 aliphatic carbocycles. The molecule has 2 N–H and O–H groups in total. The molecule has 2 heterocycles. The van der Waals surface area contributed by atoms with Crippen LogP contribution < -0.4 is 10.6 Å². The summed E-state index contributed by atoms with van der Waals surface area (Å²) in [5.74, 6) is -0.0916. The number of aryl methyl sites for hydroxylation is 1. The smallest absolute Gasteiger partial charge is 0.242 e. The average Bonchev–Trinajstić information content (AvgIpc) is 3.27. The summed E-state index contributed by atoms with van der Waals surface area (Å²) in [6.45, 7) is 1.06. The fourth-order valence-electron chi connectivity index (χ4n) is 2.70. The standard InChI is InChI=1S/C17H21N7O/c1-18-16(15-8-21-23(2)9-15)17(25)20-7-13-5-3-4-6-14(13)10-24-12-19-11-22-24/h3-6,8-9,11-12,16,18H,7,10H2,1-2H3,(H,20,25). The van der Waals surface area contributed by atoms with E-state index in [0.29, 0.717) is 13.1 Å². The summed E-state index contributed by atoms with van der Waals surface area (Å²) in [6.07, 6.45) is 6.71. The van der Waals surface area contributed by atoms with Gasteiger partial charge in [0, 0.05) is 25.4 Å². The number of hydrogen-bond donors (Lipinski definition) is 2. The van der Waals surface area contributed by atoms with Crippen molar-refractivity contribution in [3.63, 3.8) is 0 Å². The van der Waals surface area contributed by atoms with Gasteiger partial charge in [-0.1, -0.05) is 24.3 Å². The minimum atomic E-state index is -0.434. The fourth-order valence-corrected chi connectivity index (χ4v) is 2.70. The SMILES string of the molecule is CNC(C(=O)NCc1ccccc1Cn1cncn1)c1cnn(C)c1. The molecule has 3 rings (SSSR count). The van der Waals surface area contributed by atoms with Gasteiger partial charge in [0.1, 0.15) is 18.7 Å². The summed E-state index contributed by atoms with van der Waals surface area (Å²) >= 11 is 0. The van der Waals surface area contributed by atoms with Crippen molar-refractivity contribution < 1.29 is 4.79 Å². The van der Waals surface area contributed by atoms with Gasteiger partial charge < -0.3 is 10.6 Å². The quantitative estimate of drug-likeness (QED) is 0.659. The Morgan fingerprint density at radius 2 is 2.04 bits per heavy atom. The summed E-state index contributed by atoms with van der Waals surface area (Å²) in [5.41, 5.74) is 2.97. The summed E-state index contributed by atoms with van der Waals surface area (Å²) < 4.78 is 3.44. The predicted molar refractivity (Wildman–Crippen MR) is 92.4 cm³/mol. The number of likely N-dealkylation sites (N-methyl/N-ethyl adjacent to an activating group) is 1. The molecule has 1 amide bonds. The van der Waals surface area contributed by atoms with Crippen molar-refractivity contribution in [2.24, 2.45) is 7.05 Å². The Hall–Kier alpha value is -3.00. The molecule has 25 heavy (non-hydrogen) atoms. The molecule has 1 aromatic carbocycles. The van der Waals surface area contributed by atoms with Crippen LogP contribution in [-0.2, 0) is 24.9 Å². The number of aromatic nitrogens is 5. The second-order valence-electron chi connectivity index (χ2n) is 5.75. The lowest BCUT2D eigenvalue weighted by atomic mass is 10.1. The van der Waals surface area contributed by atoms with Gasteiger partial charge >= 0.3 is 0 Å². The summed E-state index contributed by atoms with van der Waals surface area (Å²) in [5, 5.41) is 14.3. The highest BCUT2D eigenvalue weighted by molar-refractivity contribution is 5.83. The molecular weight excluding hydrogens is 318 g/mol. The van der Waals surface area contributed by atoms with E-state index in [0.717, 1.165) is 16.7 Å². The number of carbonyl (C=O) groups is 1. The molecule has 0 saturated carbocycles. The first kappa shape index (κ1) is 16.8. The molecule has 0 aliphatic rings. The Kier molecular flexibility index (Phi) is 5.20. The number of amides is 1. The zero-order chi connectivity index (χ0) is 17.6. The Morgan fingerprint density at radius 1 is 1.24 bits per heavy atom. The first-order chi connectivity index (χ1) is 12.2. The molecule has 0 saturated heterocycles. The topological polar surface area (TPSA) is 89.7 Å². The molecule has 0 fully saturated rings. The number of nitrogens with zero attached hydrogens (tertiary/aromatic N) is 5. The predicted octanol–water partition coefficient (Wildman–Crippen LogP) is 0.637. The van der Waals surface area contributed by atoms with E-state index in [9.17, 15) is 4.79 Å². The molecule has 130 valence electrons. The van der Waals surface area contributed by atoms with E-state index in [2.05, 4.69) is 25.8 Å². The van der Waals surface area contributed by atoms with Crippen LogP contribution in [0.4, 0.5) is 0 Å². The van der Waals surface area contributed by atoms with Crippen molar-refractivity contribution in [3.8, 4) is 0 Å². The number of benzene rings is 1. The molecule has 8 nitrogen and oxygen atoms in total. The van der Waals surface area contributed by atoms with Gasteiger partial charge in [0.25, 0.3) is 0 Å². The van der Waals surface area contributed by atoms with Gasteiger partial charge in [0.05, 0.1) is 12.7 Å². The molecule has 1 unspecified atom stereocenters. The van der Waals surface area contributed by atoms with E-state index in [1.54, 1.807) is 28.9 Å². The highest BCUT2D eigenvalue weighted by atomic mass is 16.2. The molecular formula is C17H21N7O. The van der Waals surface area contributed by atoms with Crippen LogP contribution in [0.2, 0.25) is 0 Å². The highest BCUT2D eigenvalue weighted by Crippen LogP contribution is 2.13. The number of nitrogens with one attached hydrogen (secondary N) is 2. The first-order valence-electron chi connectivity index (χ1n) is 8.00. The van der Waals surface area contributed by atoms with E-state index in [1.165, 1.54) is 6.33 Å². The van der Waals surface area contributed by atoms with Crippen molar-refractivity contribution in [2.75, 3.05) is 7.05 Å². The van der Waals surface area contributed by atoms with Crippen LogP contribution in [0.5, 0.6) is 0 Å². The average molecular weight is 339 g/mol. The minimum absolute atomic E-state index is 0.0916. The third kappa shape index (κ3) is 4.10. The molecule has 3 aromatic rings. The monoisotopic (exact) mass is 339 g/mol. The minimum Gasteiger partial charge on any atom is -0.350 e. The van der Waals surface area contributed by atoms with Crippen LogP contribution in [0.25, 0.3) is 0 Å². The van der Waals surface area contributed by atoms with E-state index < -0.39 is 6.04 Å². The molecule has 1 atom stereocenters. The van der Waals surface area contributed by atoms with Crippen LogP contribution in [-0.4, -0.2) is 37.5 Å². The van der Waals surface area contributed by atoms with Gasteiger partial charge in [-0.2, -0.15) is 10.2 Å². The number of rotatable bonds is 7. The molecule has 2 aromatic heterocycles. The van der Waals surface area contributed by atoms with E-state index in [-0.39, 0.29) is 5.91 Å². The van der Waals surface area contributed by atoms with Crippen LogP contribution >= 0.6 is 0 Å². The van der Waals surface area contributed by atoms with E-state index >= 15 is 0 Å². The lowest BCUT2D eigenvalue weighted by Crippen LogP contribution is -2.35. The van der Waals surface area contributed by atoms with Crippen molar-refractivity contribution in [2.45, 2.75) is 19.1 Å². The molecule has 0 spiro atoms. The third-order valence-corrected chi connectivity index (χ3v) is 3.98. The van der Waals surface area contributed by atoms with Gasteiger partial charge in [0.2, 0.25) is 5.91 Å². The van der Waals surface area contributed by atoms with Crippen molar-refractivity contribution in [1.29, 1.82) is 0 Å². The van der Waals surface area contributed by atoms with Crippen LogP contribution in [0.15, 0.2) is 49.3 Å². The van der Waals surface area contributed by atoms with Crippen molar-refractivity contribution >= 4 is 5.91 Å². The molecule has 0 radical (unpaired) electrons. The van der Waals surface area contributed by atoms with Crippen LogP contribution in [0, 0.1) is 0 Å². The molecule has 0 bridgehead atoms. The maximum absolute atomic E-state index is 12.5. The van der Waals surface area contributed by atoms with Gasteiger partial charge in [0.15, 0.2) is 0 Å². The molecule has 8 heteroatoms. The summed E-state index contributed by atoms with van der Waals surface area (Å²) in [4.78, 5) is 16.5. The van der Waals surface area contributed by atoms with Gasteiger partial charge in [-0.25, -0.2) is 9.67 Å². The maximum atomic E-state index is 12.5. The Labute approximate surface area is 145 Å². The Morgan fingerprint density at radius 3 is 2.68 bits per heavy atom. The lowest BCUT2D eigenvalue weighted by molar-refractivity contribution is -0.123. The fraction of sp³-hybridized carbons (Fsp3) is 0.294.